The number of benzene rings is 1. The molecular weight excluding hydrogens is 233 g/mol. The van der Waals surface area contributed by atoms with Crippen LogP contribution in [-0.2, 0) is 11.3 Å². The average molecular weight is 251 g/mol. The lowest BCUT2D eigenvalue weighted by molar-refractivity contribution is -0.132. The lowest BCUT2D eigenvalue weighted by atomic mass is 10.2. The molecule has 1 aliphatic rings. The van der Waals surface area contributed by atoms with E-state index in [9.17, 15) is 9.18 Å². The van der Waals surface area contributed by atoms with Crippen molar-refractivity contribution in [3.63, 3.8) is 0 Å². The van der Waals surface area contributed by atoms with E-state index in [2.05, 4.69) is 0 Å². The van der Waals surface area contributed by atoms with Crippen molar-refractivity contribution >= 4 is 5.91 Å². The van der Waals surface area contributed by atoms with Gasteiger partial charge in [0.15, 0.2) is 0 Å². The molecule has 1 aliphatic carbocycles. The molecule has 1 aromatic carbocycles. The Morgan fingerprint density at radius 3 is 2.56 bits per heavy atom. The second-order valence-corrected chi connectivity index (χ2v) is 4.71. The molecule has 2 rings (SSSR count). The molecule has 4 heteroatoms. The number of rotatable bonds is 6. The topological polar surface area (TPSA) is 40.5 Å². The smallest absolute Gasteiger partial charge is 0.223 e. The number of amides is 1. The van der Waals surface area contributed by atoms with Gasteiger partial charge >= 0.3 is 0 Å². The van der Waals surface area contributed by atoms with Gasteiger partial charge in [-0.2, -0.15) is 0 Å². The van der Waals surface area contributed by atoms with Crippen LogP contribution in [0.2, 0.25) is 0 Å². The minimum absolute atomic E-state index is 0.0425. The molecule has 3 nitrogen and oxygen atoms in total. The van der Waals surface area contributed by atoms with E-state index in [0.29, 0.717) is 25.4 Å². The second kappa shape index (κ2) is 5.96. The van der Waals surface area contributed by atoms with Gasteiger partial charge in [0.05, 0.1) is 0 Å². The molecule has 0 aliphatic heterocycles. The third-order valence-electron chi connectivity index (χ3n) is 3.12. The molecule has 98 valence electrons. The van der Waals surface area contributed by atoms with E-state index in [-0.39, 0.29) is 18.3 Å². The molecule has 0 aromatic heterocycles. The normalized spacial score (nSPS) is 14.6. The van der Waals surface area contributed by atoms with Gasteiger partial charge in [-0.3, -0.25) is 4.79 Å². The monoisotopic (exact) mass is 251 g/mol. The van der Waals surface area contributed by atoms with Gasteiger partial charge in [0.1, 0.15) is 5.82 Å². The maximum Gasteiger partial charge on any atom is 0.223 e. The first-order valence-electron chi connectivity index (χ1n) is 6.35. The molecule has 0 heterocycles. The van der Waals surface area contributed by atoms with Gasteiger partial charge in [-0.15, -0.1) is 0 Å². The Hall–Kier alpha value is -1.42. The van der Waals surface area contributed by atoms with Crippen molar-refractivity contribution in [3.05, 3.63) is 35.6 Å². The largest absolute Gasteiger partial charge is 0.396 e. The van der Waals surface area contributed by atoms with E-state index in [0.717, 1.165) is 18.4 Å². The van der Waals surface area contributed by atoms with Crippen LogP contribution in [0.1, 0.15) is 31.2 Å². The molecule has 0 unspecified atom stereocenters. The van der Waals surface area contributed by atoms with E-state index in [1.54, 1.807) is 12.1 Å². The van der Waals surface area contributed by atoms with Crippen LogP contribution in [0.3, 0.4) is 0 Å². The molecule has 1 N–H and O–H groups in total. The van der Waals surface area contributed by atoms with Gasteiger partial charge in [-0.25, -0.2) is 4.39 Å². The molecule has 0 saturated heterocycles. The summed E-state index contributed by atoms with van der Waals surface area (Å²) in [6.45, 7) is 0.579. The van der Waals surface area contributed by atoms with Crippen molar-refractivity contribution in [2.24, 2.45) is 0 Å². The first kappa shape index (κ1) is 13.0. The number of hydrogen-bond acceptors (Lipinski definition) is 2. The fourth-order valence-corrected chi connectivity index (χ4v) is 1.97. The summed E-state index contributed by atoms with van der Waals surface area (Å²) in [7, 11) is 0. The predicted molar refractivity (Wildman–Crippen MR) is 66.3 cm³/mol. The zero-order valence-electron chi connectivity index (χ0n) is 10.3. The molecule has 0 radical (unpaired) electrons. The van der Waals surface area contributed by atoms with Gasteiger partial charge in [0, 0.05) is 25.6 Å². The summed E-state index contributed by atoms with van der Waals surface area (Å²) in [5.41, 5.74) is 0.945. The molecule has 1 fully saturated rings. The summed E-state index contributed by atoms with van der Waals surface area (Å²) in [6, 6.07) is 6.59. The quantitative estimate of drug-likeness (QED) is 0.841. The summed E-state index contributed by atoms with van der Waals surface area (Å²) < 4.78 is 12.8. The molecule has 1 amide bonds. The minimum Gasteiger partial charge on any atom is -0.396 e. The Morgan fingerprint density at radius 1 is 1.33 bits per heavy atom. The van der Waals surface area contributed by atoms with Gasteiger partial charge in [0.25, 0.3) is 0 Å². The Kier molecular flexibility index (Phi) is 4.31. The molecule has 18 heavy (non-hydrogen) atoms. The van der Waals surface area contributed by atoms with Crippen LogP contribution in [0.25, 0.3) is 0 Å². The average Bonchev–Trinajstić information content (AvgIpc) is 3.19. The summed E-state index contributed by atoms with van der Waals surface area (Å²) in [5.74, 6) is -0.181. The van der Waals surface area contributed by atoms with Crippen LogP contribution in [0.15, 0.2) is 24.3 Å². The Bertz CT molecular complexity index is 401. The van der Waals surface area contributed by atoms with Crippen LogP contribution in [-0.4, -0.2) is 28.6 Å². The number of aliphatic hydroxyl groups excluding tert-OH is 1. The predicted octanol–water partition coefficient (Wildman–Crippen LogP) is 2.09. The summed E-state index contributed by atoms with van der Waals surface area (Å²) >= 11 is 0. The van der Waals surface area contributed by atoms with Crippen LogP contribution in [0.5, 0.6) is 0 Å². The Labute approximate surface area is 106 Å². The number of carbonyl (C=O) groups is 1. The van der Waals surface area contributed by atoms with Gasteiger partial charge in [-0.05, 0) is 37.0 Å². The van der Waals surface area contributed by atoms with E-state index in [4.69, 9.17) is 5.11 Å². The van der Waals surface area contributed by atoms with Gasteiger partial charge in [0.2, 0.25) is 5.91 Å². The van der Waals surface area contributed by atoms with Crippen molar-refractivity contribution in [1.29, 1.82) is 0 Å². The lowest BCUT2D eigenvalue weighted by Crippen LogP contribution is -2.32. The second-order valence-electron chi connectivity index (χ2n) is 4.71. The lowest BCUT2D eigenvalue weighted by Gasteiger charge is -2.22. The highest BCUT2D eigenvalue weighted by Crippen LogP contribution is 2.29. The highest BCUT2D eigenvalue weighted by atomic mass is 19.1. The van der Waals surface area contributed by atoms with E-state index < -0.39 is 0 Å². The fourth-order valence-electron chi connectivity index (χ4n) is 1.97. The third kappa shape index (κ3) is 3.53. The molecule has 0 spiro atoms. The van der Waals surface area contributed by atoms with Crippen molar-refractivity contribution in [2.75, 3.05) is 6.61 Å². The van der Waals surface area contributed by atoms with Crippen LogP contribution in [0, 0.1) is 5.82 Å². The van der Waals surface area contributed by atoms with Gasteiger partial charge in [-0.1, -0.05) is 12.1 Å². The van der Waals surface area contributed by atoms with Crippen molar-refractivity contribution in [2.45, 2.75) is 38.3 Å². The Balaban J connectivity index is 1.97. The molecule has 1 aromatic rings. The zero-order chi connectivity index (χ0) is 13.0. The number of aliphatic hydroxyl groups is 1. The molecular formula is C14H18FNO2. The van der Waals surface area contributed by atoms with Crippen molar-refractivity contribution in [3.8, 4) is 0 Å². The summed E-state index contributed by atoms with van der Waals surface area (Å²) in [5, 5.41) is 8.76. The number of halogens is 1. The maximum absolute atomic E-state index is 12.8. The Morgan fingerprint density at radius 2 is 2.00 bits per heavy atom. The van der Waals surface area contributed by atoms with E-state index in [1.807, 2.05) is 4.90 Å². The van der Waals surface area contributed by atoms with Gasteiger partial charge < -0.3 is 10.0 Å². The zero-order valence-corrected chi connectivity index (χ0v) is 10.3. The molecule has 0 bridgehead atoms. The third-order valence-corrected chi connectivity index (χ3v) is 3.12. The minimum atomic E-state index is -0.261. The first-order valence-corrected chi connectivity index (χ1v) is 6.35. The number of nitrogens with zero attached hydrogens (tertiary/aromatic N) is 1. The SMILES string of the molecule is O=C(CCCO)N(Cc1ccc(F)cc1)C1CC1. The van der Waals surface area contributed by atoms with Crippen LogP contribution in [0.4, 0.5) is 4.39 Å². The number of carbonyl (C=O) groups excluding carboxylic acids is 1. The highest BCUT2D eigenvalue weighted by molar-refractivity contribution is 5.76. The van der Waals surface area contributed by atoms with Crippen molar-refractivity contribution in [1.82, 2.24) is 4.90 Å². The summed E-state index contributed by atoms with van der Waals surface area (Å²) in [4.78, 5) is 13.8. The first-order chi connectivity index (χ1) is 8.70. The van der Waals surface area contributed by atoms with Crippen LogP contribution >= 0.6 is 0 Å². The maximum atomic E-state index is 12.8. The van der Waals surface area contributed by atoms with E-state index >= 15 is 0 Å². The fraction of sp³-hybridized carbons (Fsp3) is 0.500. The van der Waals surface area contributed by atoms with Crippen LogP contribution < -0.4 is 0 Å². The molecule has 0 atom stereocenters. The van der Waals surface area contributed by atoms with Crippen molar-refractivity contribution < 1.29 is 14.3 Å². The summed E-state index contributed by atoms with van der Waals surface area (Å²) in [6.07, 6.45) is 2.98. The standard InChI is InChI=1S/C14H18FNO2/c15-12-5-3-11(4-6-12)10-16(13-7-8-13)14(18)2-1-9-17/h3-6,13,17H,1-2,7-10H2. The number of hydrogen-bond donors (Lipinski definition) is 1. The molecule has 1 saturated carbocycles. The highest BCUT2D eigenvalue weighted by Gasteiger charge is 2.31. The van der Waals surface area contributed by atoms with E-state index in [1.165, 1.54) is 12.1 Å².